The minimum Gasteiger partial charge on any atom is -0.465 e. The number of nitrogens with zero attached hydrogens (tertiary/aromatic N) is 8. The van der Waals surface area contributed by atoms with E-state index in [1.807, 2.05) is 4.90 Å². The molecule has 1 aliphatic carbocycles. The van der Waals surface area contributed by atoms with E-state index in [0.717, 1.165) is 12.8 Å². The number of carboxylic acid groups (broad SMARTS) is 1. The van der Waals surface area contributed by atoms with E-state index in [2.05, 4.69) is 37.8 Å². The summed E-state index contributed by atoms with van der Waals surface area (Å²) in [6, 6.07) is 7.05. The summed E-state index contributed by atoms with van der Waals surface area (Å²) in [6.45, 7) is 1.35. The molecule has 3 N–H and O–H groups in total. The molecule has 1 amide bonds. The lowest BCUT2D eigenvalue weighted by Crippen LogP contribution is -2.58. The van der Waals surface area contributed by atoms with Gasteiger partial charge < -0.3 is 30.1 Å². The van der Waals surface area contributed by atoms with Crippen LogP contribution in [0.5, 0.6) is 0 Å². The van der Waals surface area contributed by atoms with E-state index in [1.165, 1.54) is 15.6 Å². The molecule has 3 fully saturated rings. The normalized spacial score (nSPS) is 20.6. The molecule has 3 aliphatic rings. The Morgan fingerprint density at radius 3 is 2.70 bits per heavy atom. The first-order chi connectivity index (χ1) is 19.4. The van der Waals surface area contributed by atoms with Crippen molar-refractivity contribution in [3.05, 3.63) is 34.6 Å². The fourth-order valence-electron chi connectivity index (χ4n) is 5.05. The van der Waals surface area contributed by atoms with Crippen LogP contribution in [0.15, 0.2) is 18.3 Å². The molecule has 3 aromatic rings. The van der Waals surface area contributed by atoms with Gasteiger partial charge in [-0.25, -0.2) is 9.78 Å². The van der Waals surface area contributed by atoms with Crippen LogP contribution in [0.2, 0.25) is 5.02 Å². The largest absolute Gasteiger partial charge is 0.465 e. The maximum Gasteiger partial charge on any atom is 0.408 e. The number of anilines is 4. The van der Waals surface area contributed by atoms with Gasteiger partial charge in [0.05, 0.1) is 65.6 Å². The smallest absolute Gasteiger partial charge is 0.408 e. The van der Waals surface area contributed by atoms with Crippen molar-refractivity contribution in [3.8, 4) is 12.1 Å². The number of hydrogen-bond donors (Lipinski definition) is 3. The zero-order valence-corrected chi connectivity index (χ0v) is 22.2. The topological polar surface area (TPSA) is 177 Å². The van der Waals surface area contributed by atoms with Crippen molar-refractivity contribution in [2.45, 2.75) is 37.1 Å². The molecule has 2 saturated heterocycles. The van der Waals surface area contributed by atoms with Gasteiger partial charge in [0.25, 0.3) is 0 Å². The van der Waals surface area contributed by atoms with Crippen LogP contribution in [0, 0.1) is 22.7 Å². The molecule has 2 aromatic heterocycles. The number of benzene rings is 1. The second-order valence-corrected chi connectivity index (χ2v) is 10.3. The van der Waals surface area contributed by atoms with E-state index in [1.54, 1.807) is 19.2 Å². The van der Waals surface area contributed by atoms with Crippen LogP contribution < -0.4 is 15.5 Å². The summed E-state index contributed by atoms with van der Waals surface area (Å²) in [6.07, 6.45) is 2.00. The first-order valence-electron chi connectivity index (χ1n) is 12.7. The lowest BCUT2D eigenvalue weighted by molar-refractivity contribution is -0.0810. The molecule has 2 aliphatic heterocycles. The van der Waals surface area contributed by atoms with Crippen molar-refractivity contribution in [3.63, 3.8) is 0 Å². The molecule has 40 heavy (non-hydrogen) atoms. The fourth-order valence-corrected chi connectivity index (χ4v) is 5.32. The van der Waals surface area contributed by atoms with Gasteiger partial charge in [0.2, 0.25) is 5.95 Å². The Morgan fingerprint density at radius 1 is 1.27 bits per heavy atom. The molecule has 0 radical (unpaired) electrons. The number of nitriles is 2. The van der Waals surface area contributed by atoms with Gasteiger partial charge in [0.15, 0.2) is 17.2 Å². The minimum atomic E-state index is -1.04. The summed E-state index contributed by atoms with van der Waals surface area (Å²) in [4.78, 5) is 24.3. The highest BCUT2D eigenvalue weighted by Crippen LogP contribution is 2.39. The summed E-state index contributed by atoms with van der Waals surface area (Å²) in [5.74, 6) is 0.637. The zero-order chi connectivity index (χ0) is 28.0. The number of halogens is 1. The number of fused-ring (bicyclic) bond motifs is 1. The molecule has 206 valence electrons. The van der Waals surface area contributed by atoms with E-state index >= 15 is 0 Å². The van der Waals surface area contributed by atoms with Gasteiger partial charge in [-0.2, -0.15) is 20.0 Å². The van der Waals surface area contributed by atoms with Gasteiger partial charge in [-0.1, -0.05) is 11.6 Å². The number of nitrogens with one attached hydrogen (secondary N) is 2. The maximum absolute atomic E-state index is 12.1. The van der Waals surface area contributed by atoms with Gasteiger partial charge in [0.1, 0.15) is 6.07 Å². The summed E-state index contributed by atoms with van der Waals surface area (Å²) in [7, 11) is 1.55. The van der Waals surface area contributed by atoms with Crippen molar-refractivity contribution >= 4 is 46.5 Å². The van der Waals surface area contributed by atoms with E-state index < -0.39 is 18.2 Å². The first kappa shape index (κ1) is 25.9. The molecule has 4 heterocycles. The Bertz CT molecular complexity index is 1560. The highest BCUT2D eigenvalue weighted by atomic mass is 35.5. The van der Waals surface area contributed by atoms with Crippen LogP contribution in [0.1, 0.15) is 24.1 Å². The van der Waals surface area contributed by atoms with Crippen LogP contribution in [-0.2, 0) is 9.47 Å². The van der Waals surface area contributed by atoms with Crippen molar-refractivity contribution in [2.75, 3.05) is 48.9 Å². The van der Waals surface area contributed by atoms with Crippen LogP contribution >= 0.6 is 11.6 Å². The SMILES string of the molecule is CO[C@H]1CN(c2cc(C#N)cc(Nc3nc(NC4CC4)c4ncc(C#N)n4n3)c2Cl)C[C@@H]1N(C(=O)O)C1COC1. The Kier molecular flexibility index (Phi) is 6.67. The molecular weight excluding hydrogens is 540 g/mol. The first-order valence-corrected chi connectivity index (χ1v) is 13.1. The fraction of sp³-hybridized carbons (Fsp3) is 0.440. The number of ether oxygens (including phenoxy) is 2. The summed E-state index contributed by atoms with van der Waals surface area (Å²) >= 11 is 6.89. The molecule has 2 atom stereocenters. The molecule has 1 aromatic carbocycles. The maximum atomic E-state index is 12.1. The molecular formula is C25H25ClN10O4. The Balaban J connectivity index is 1.34. The lowest BCUT2D eigenvalue weighted by Gasteiger charge is -2.40. The Morgan fingerprint density at radius 2 is 2.08 bits per heavy atom. The monoisotopic (exact) mass is 564 g/mol. The second-order valence-electron chi connectivity index (χ2n) is 9.91. The number of aromatic nitrogens is 4. The van der Waals surface area contributed by atoms with E-state index in [-0.39, 0.29) is 23.7 Å². The van der Waals surface area contributed by atoms with E-state index in [9.17, 15) is 20.4 Å². The van der Waals surface area contributed by atoms with Crippen molar-refractivity contribution in [1.82, 2.24) is 24.5 Å². The van der Waals surface area contributed by atoms with E-state index in [0.29, 0.717) is 59.7 Å². The molecule has 0 spiro atoms. The molecule has 6 rings (SSSR count). The van der Waals surface area contributed by atoms with Gasteiger partial charge >= 0.3 is 6.09 Å². The number of rotatable bonds is 8. The third-order valence-electron chi connectivity index (χ3n) is 7.30. The molecule has 15 heteroatoms. The predicted octanol–water partition coefficient (Wildman–Crippen LogP) is 2.42. The Labute approximate surface area is 233 Å². The summed E-state index contributed by atoms with van der Waals surface area (Å²) < 4.78 is 12.3. The Hall–Kier alpha value is -4.37. The van der Waals surface area contributed by atoms with Gasteiger partial charge in [-0.3, -0.25) is 4.90 Å². The van der Waals surface area contributed by atoms with Crippen LogP contribution in [0.3, 0.4) is 0 Å². The number of methoxy groups -OCH3 is 1. The van der Waals surface area contributed by atoms with Gasteiger partial charge in [-0.05, 0) is 25.0 Å². The highest BCUT2D eigenvalue weighted by Gasteiger charge is 2.44. The third kappa shape index (κ3) is 4.66. The van der Waals surface area contributed by atoms with Crippen LogP contribution in [0.25, 0.3) is 5.65 Å². The number of hydrogen-bond acceptors (Lipinski definition) is 11. The predicted molar refractivity (Wildman–Crippen MR) is 143 cm³/mol. The zero-order valence-electron chi connectivity index (χ0n) is 21.4. The number of amides is 1. The van der Waals surface area contributed by atoms with Crippen molar-refractivity contribution < 1.29 is 19.4 Å². The summed E-state index contributed by atoms with van der Waals surface area (Å²) in [5.41, 5.74) is 1.93. The van der Waals surface area contributed by atoms with Gasteiger partial charge in [-0.15, -0.1) is 5.10 Å². The standard InChI is InChI=1S/C25H25ClN10O4/c1-39-20-10-34(9-19(20)35(25(37)38)16-11-40-12-16)18-5-13(6-27)4-17(21(18)26)31-24-32-22(30-14-2-3-14)23-29-8-15(7-28)36(23)33-24/h4-5,8,14,16,19-20H,2-3,9-12H2,1H3,(H,37,38)(H2,30,31,32,33)/t19-,20-/m0/s1. The minimum absolute atomic E-state index is 0.157. The molecule has 1 saturated carbocycles. The van der Waals surface area contributed by atoms with Crippen LogP contribution in [0.4, 0.5) is 27.9 Å². The summed E-state index contributed by atoms with van der Waals surface area (Å²) in [5, 5.41) is 40.4. The molecule has 0 bridgehead atoms. The highest BCUT2D eigenvalue weighted by molar-refractivity contribution is 6.36. The molecule has 14 nitrogen and oxygen atoms in total. The van der Waals surface area contributed by atoms with Crippen molar-refractivity contribution in [2.24, 2.45) is 0 Å². The third-order valence-corrected chi connectivity index (χ3v) is 7.69. The molecule has 0 unspecified atom stereocenters. The average Bonchev–Trinajstić information content (AvgIpc) is 3.47. The van der Waals surface area contributed by atoms with Gasteiger partial charge in [0, 0.05) is 26.2 Å². The van der Waals surface area contributed by atoms with E-state index in [4.69, 9.17) is 21.1 Å². The van der Waals surface area contributed by atoms with Crippen molar-refractivity contribution in [1.29, 1.82) is 10.5 Å². The van der Waals surface area contributed by atoms with Crippen LogP contribution in [-0.4, -0.2) is 93.3 Å². The average molecular weight is 565 g/mol. The number of imidazole rings is 1. The second kappa shape index (κ2) is 10.3. The number of carbonyl (C=O) groups is 1. The quantitative estimate of drug-likeness (QED) is 0.364. The lowest BCUT2D eigenvalue weighted by atomic mass is 10.1.